The number of imidazole rings is 1. The smallest absolute Gasteiger partial charge is 0.138 e. The molecule has 2 aromatic rings. The van der Waals surface area contributed by atoms with Crippen LogP contribution in [0.25, 0.3) is 5.65 Å². The molecule has 68 valence electrons. The van der Waals surface area contributed by atoms with Crippen LogP contribution in [0.3, 0.4) is 0 Å². The van der Waals surface area contributed by atoms with E-state index in [1.807, 2.05) is 29.5 Å². The van der Waals surface area contributed by atoms with Crippen LogP contribution in [0.15, 0.2) is 24.4 Å². The Hall–Kier alpha value is -1.06. The maximum Gasteiger partial charge on any atom is 0.138 e. The van der Waals surface area contributed by atoms with Gasteiger partial charge >= 0.3 is 0 Å². The van der Waals surface area contributed by atoms with Crippen molar-refractivity contribution in [2.45, 2.75) is 13.0 Å². The van der Waals surface area contributed by atoms with Crippen LogP contribution in [0.5, 0.6) is 0 Å². The maximum absolute atomic E-state index is 5.97. The summed E-state index contributed by atoms with van der Waals surface area (Å²) in [7, 11) is 0. The number of rotatable bonds is 1. The summed E-state index contributed by atoms with van der Waals surface area (Å²) in [6, 6.07) is 5.73. The van der Waals surface area contributed by atoms with Gasteiger partial charge in [0.2, 0.25) is 0 Å². The summed E-state index contributed by atoms with van der Waals surface area (Å²) in [5.74, 6) is 0. The SMILES string of the molecule is CC(N)c1cccc2ncc(Cl)n12. The molecule has 3 nitrogen and oxygen atoms in total. The van der Waals surface area contributed by atoms with Gasteiger partial charge in [0.25, 0.3) is 0 Å². The first-order valence-corrected chi connectivity index (χ1v) is 4.45. The summed E-state index contributed by atoms with van der Waals surface area (Å²) < 4.78 is 1.85. The molecule has 1 atom stereocenters. The zero-order valence-corrected chi connectivity index (χ0v) is 7.99. The number of hydrogen-bond donors (Lipinski definition) is 1. The van der Waals surface area contributed by atoms with Crippen molar-refractivity contribution in [3.8, 4) is 0 Å². The molecule has 0 radical (unpaired) electrons. The van der Waals surface area contributed by atoms with Crippen LogP contribution in [0.4, 0.5) is 0 Å². The number of halogens is 1. The first-order valence-electron chi connectivity index (χ1n) is 4.07. The van der Waals surface area contributed by atoms with Crippen LogP contribution in [-0.4, -0.2) is 9.38 Å². The van der Waals surface area contributed by atoms with Crippen molar-refractivity contribution in [3.63, 3.8) is 0 Å². The van der Waals surface area contributed by atoms with Gasteiger partial charge < -0.3 is 5.73 Å². The monoisotopic (exact) mass is 195 g/mol. The third-order valence-corrected chi connectivity index (χ3v) is 2.25. The number of nitrogens with two attached hydrogens (primary N) is 1. The topological polar surface area (TPSA) is 43.3 Å². The normalized spacial score (nSPS) is 13.5. The molecule has 0 saturated carbocycles. The Kier molecular flexibility index (Phi) is 1.98. The van der Waals surface area contributed by atoms with Crippen LogP contribution < -0.4 is 5.73 Å². The molecule has 0 aliphatic heterocycles. The minimum absolute atomic E-state index is 0.0459. The van der Waals surface area contributed by atoms with E-state index in [9.17, 15) is 0 Å². The number of hydrogen-bond acceptors (Lipinski definition) is 2. The largest absolute Gasteiger partial charge is 0.323 e. The molecule has 2 N–H and O–H groups in total. The van der Waals surface area contributed by atoms with Crippen LogP contribution in [0.1, 0.15) is 18.7 Å². The van der Waals surface area contributed by atoms with Gasteiger partial charge in [0.1, 0.15) is 10.8 Å². The standard InChI is InChI=1S/C9H10ClN3/c1-6(11)7-3-2-4-9-12-5-8(10)13(7)9/h2-6H,11H2,1H3. The molecule has 0 saturated heterocycles. The van der Waals surface area contributed by atoms with Crippen molar-refractivity contribution >= 4 is 17.2 Å². The van der Waals surface area contributed by atoms with E-state index in [2.05, 4.69) is 4.98 Å². The summed E-state index contributed by atoms with van der Waals surface area (Å²) in [5.41, 5.74) is 7.61. The van der Waals surface area contributed by atoms with Crippen molar-refractivity contribution in [1.82, 2.24) is 9.38 Å². The van der Waals surface area contributed by atoms with Gasteiger partial charge in [-0.25, -0.2) is 4.98 Å². The van der Waals surface area contributed by atoms with Crippen molar-refractivity contribution in [2.75, 3.05) is 0 Å². The average Bonchev–Trinajstić information content (AvgIpc) is 2.48. The summed E-state index contributed by atoms with van der Waals surface area (Å²) in [6.07, 6.45) is 1.63. The predicted molar refractivity (Wildman–Crippen MR) is 52.8 cm³/mol. The Morgan fingerprint density at radius 3 is 3.00 bits per heavy atom. The second-order valence-electron chi connectivity index (χ2n) is 3.01. The van der Waals surface area contributed by atoms with Gasteiger partial charge in [-0.05, 0) is 19.1 Å². The van der Waals surface area contributed by atoms with E-state index in [0.717, 1.165) is 11.3 Å². The highest BCUT2D eigenvalue weighted by Gasteiger charge is 2.07. The van der Waals surface area contributed by atoms with Crippen LogP contribution in [0.2, 0.25) is 5.15 Å². The first kappa shape index (κ1) is 8.53. The Morgan fingerprint density at radius 2 is 2.31 bits per heavy atom. The molecule has 2 heterocycles. The van der Waals surface area contributed by atoms with Gasteiger partial charge in [0, 0.05) is 11.7 Å². The first-order chi connectivity index (χ1) is 6.20. The van der Waals surface area contributed by atoms with Gasteiger partial charge in [-0.15, -0.1) is 0 Å². The quantitative estimate of drug-likeness (QED) is 0.757. The van der Waals surface area contributed by atoms with Crippen molar-refractivity contribution in [2.24, 2.45) is 5.73 Å². The van der Waals surface area contributed by atoms with Crippen molar-refractivity contribution in [3.05, 3.63) is 35.2 Å². The second-order valence-corrected chi connectivity index (χ2v) is 3.40. The molecule has 0 aromatic carbocycles. The summed E-state index contributed by atoms with van der Waals surface area (Å²) in [4.78, 5) is 4.14. The van der Waals surface area contributed by atoms with E-state index < -0.39 is 0 Å². The molecule has 4 heteroatoms. The van der Waals surface area contributed by atoms with Gasteiger partial charge in [-0.2, -0.15) is 0 Å². The molecular formula is C9H10ClN3. The molecule has 0 aliphatic carbocycles. The zero-order chi connectivity index (χ0) is 9.42. The van der Waals surface area contributed by atoms with E-state index >= 15 is 0 Å². The Morgan fingerprint density at radius 1 is 1.54 bits per heavy atom. The number of fused-ring (bicyclic) bond motifs is 1. The molecule has 1 unspecified atom stereocenters. The van der Waals surface area contributed by atoms with Crippen LogP contribution in [-0.2, 0) is 0 Å². The molecule has 0 bridgehead atoms. The lowest BCUT2D eigenvalue weighted by molar-refractivity contribution is 0.764. The van der Waals surface area contributed by atoms with Crippen molar-refractivity contribution < 1.29 is 0 Å². The number of aromatic nitrogens is 2. The number of pyridine rings is 1. The van der Waals surface area contributed by atoms with Gasteiger partial charge in [0.15, 0.2) is 0 Å². The molecular weight excluding hydrogens is 186 g/mol. The molecule has 0 aliphatic rings. The Bertz CT molecular complexity index is 433. The second kappa shape index (κ2) is 3.01. The summed E-state index contributed by atoms with van der Waals surface area (Å²) >= 11 is 5.97. The molecule has 13 heavy (non-hydrogen) atoms. The minimum atomic E-state index is -0.0459. The third kappa shape index (κ3) is 1.30. The summed E-state index contributed by atoms with van der Waals surface area (Å²) in [5, 5.41) is 0.600. The molecule has 0 amide bonds. The fourth-order valence-corrected chi connectivity index (χ4v) is 1.61. The van der Waals surface area contributed by atoms with Crippen LogP contribution in [0, 0.1) is 0 Å². The predicted octanol–water partition coefficient (Wildman–Crippen LogP) is 2.01. The van der Waals surface area contributed by atoms with E-state index in [1.54, 1.807) is 6.20 Å². The molecule has 0 fully saturated rings. The van der Waals surface area contributed by atoms with E-state index in [4.69, 9.17) is 17.3 Å². The zero-order valence-electron chi connectivity index (χ0n) is 7.24. The Labute approximate surface area is 81.1 Å². The lowest BCUT2D eigenvalue weighted by atomic mass is 10.2. The minimum Gasteiger partial charge on any atom is -0.323 e. The van der Waals surface area contributed by atoms with E-state index in [0.29, 0.717) is 5.15 Å². The van der Waals surface area contributed by atoms with E-state index in [1.165, 1.54) is 0 Å². The maximum atomic E-state index is 5.97. The molecule has 2 aromatic heterocycles. The highest BCUT2D eigenvalue weighted by Crippen LogP contribution is 2.18. The van der Waals surface area contributed by atoms with E-state index in [-0.39, 0.29) is 6.04 Å². The highest BCUT2D eigenvalue weighted by atomic mass is 35.5. The van der Waals surface area contributed by atoms with Gasteiger partial charge in [-0.1, -0.05) is 17.7 Å². The molecule has 0 spiro atoms. The fourth-order valence-electron chi connectivity index (χ4n) is 1.38. The fraction of sp³-hybridized carbons (Fsp3) is 0.222. The third-order valence-electron chi connectivity index (χ3n) is 1.98. The van der Waals surface area contributed by atoms with Gasteiger partial charge in [0.05, 0.1) is 6.20 Å². The lowest BCUT2D eigenvalue weighted by Gasteiger charge is -2.08. The van der Waals surface area contributed by atoms with Gasteiger partial charge in [-0.3, -0.25) is 4.40 Å². The summed E-state index contributed by atoms with van der Waals surface area (Å²) in [6.45, 7) is 1.92. The highest BCUT2D eigenvalue weighted by molar-refractivity contribution is 6.29. The number of nitrogens with zero attached hydrogens (tertiary/aromatic N) is 2. The van der Waals surface area contributed by atoms with Crippen LogP contribution >= 0.6 is 11.6 Å². The van der Waals surface area contributed by atoms with Crippen molar-refractivity contribution in [1.29, 1.82) is 0 Å². The molecule has 2 rings (SSSR count). The Balaban J connectivity index is 2.80. The lowest BCUT2D eigenvalue weighted by Crippen LogP contribution is -2.10. The average molecular weight is 196 g/mol.